The highest BCUT2D eigenvalue weighted by molar-refractivity contribution is 5.54. The quantitative estimate of drug-likeness (QED) is 0.808. The zero-order valence-electron chi connectivity index (χ0n) is 13.9. The number of nitrogens with zero attached hydrogens (tertiary/aromatic N) is 1. The molecule has 2 aliphatic carbocycles. The van der Waals surface area contributed by atoms with Crippen LogP contribution in [0.1, 0.15) is 52.0 Å². The van der Waals surface area contributed by atoms with E-state index in [1.165, 1.54) is 50.0 Å². The molecule has 3 rings (SSSR count). The fraction of sp³-hybridized carbons (Fsp3) is 0.684. The van der Waals surface area contributed by atoms with Crippen LogP contribution >= 0.6 is 0 Å². The first-order valence-electron chi connectivity index (χ1n) is 8.59. The second kappa shape index (κ2) is 6.00. The molecule has 0 bridgehead atoms. The molecule has 0 heterocycles. The van der Waals surface area contributed by atoms with E-state index in [0.717, 1.165) is 18.4 Å². The van der Waals surface area contributed by atoms with Crippen molar-refractivity contribution >= 4 is 5.69 Å². The van der Waals surface area contributed by atoms with Crippen molar-refractivity contribution < 1.29 is 0 Å². The maximum Gasteiger partial charge on any atom is 0.0412 e. The van der Waals surface area contributed by atoms with Gasteiger partial charge in [-0.25, -0.2) is 0 Å². The van der Waals surface area contributed by atoms with Gasteiger partial charge in [-0.3, -0.25) is 0 Å². The molecule has 0 atom stereocenters. The highest BCUT2D eigenvalue weighted by atomic mass is 15.1. The van der Waals surface area contributed by atoms with E-state index in [2.05, 4.69) is 55.3 Å². The van der Waals surface area contributed by atoms with Gasteiger partial charge in [-0.1, -0.05) is 18.2 Å². The van der Waals surface area contributed by atoms with E-state index >= 15 is 0 Å². The molecular weight excluding hydrogens is 256 g/mol. The molecule has 0 aliphatic heterocycles. The Morgan fingerprint density at radius 2 is 1.57 bits per heavy atom. The first-order valence-corrected chi connectivity index (χ1v) is 8.59. The van der Waals surface area contributed by atoms with Crippen molar-refractivity contribution in [2.24, 2.45) is 11.8 Å². The van der Waals surface area contributed by atoms with Crippen LogP contribution in [0.2, 0.25) is 0 Å². The zero-order valence-corrected chi connectivity index (χ0v) is 13.9. The van der Waals surface area contributed by atoms with Gasteiger partial charge in [0.15, 0.2) is 0 Å². The van der Waals surface area contributed by atoms with Gasteiger partial charge < -0.3 is 10.2 Å². The lowest BCUT2D eigenvalue weighted by atomic mass is 10.1. The largest absolute Gasteiger partial charge is 0.371 e. The van der Waals surface area contributed by atoms with E-state index in [9.17, 15) is 0 Å². The molecule has 2 aliphatic rings. The Hall–Kier alpha value is -1.02. The third-order valence-corrected chi connectivity index (χ3v) is 4.49. The third kappa shape index (κ3) is 4.74. The minimum atomic E-state index is 0.172. The Morgan fingerprint density at radius 3 is 2.10 bits per heavy atom. The predicted molar refractivity (Wildman–Crippen MR) is 90.7 cm³/mol. The highest BCUT2D eigenvalue weighted by Crippen LogP contribution is 2.36. The highest BCUT2D eigenvalue weighted by Gasteiger charge is 2.30. The number of para-hydroxylation sites is 1. The maximum absolute atomic E-state index is 3.64. The van der Waals surface area contributed by atoms with Gasteiger partial charge in [0, 0.05) is 30.9 Å². The summed E-state index contributed by atoms with van der Waals surface area (Å²) in [5, 5.41) is 3.64. The van der Waals surface area contributed by atoms with Crippen LogP contribution in [-0.4, -0.2) is 18.6 Å². The van der Waals surface area contributed by atoms with Gasteiger partial charge in [-0.2, -0.15) is 0 Å². The predicted octanol–water partition coefficient (Wildman–Crippen LogP) is 4.20. The molecular formula is C19H30N2. The molecule has 2 nitrogen and oxygen atoms in total. The SMILES string of the molecule is CC(C)(C)NCc1ccccc1N(CC1CC1)CC1CC1. The molecule has 21 heavy (non-hydrogen) atoms. The number of nitrogens with one attached hydrogen (secondary N) is 1. The molecule has 2 heteroatoms. The van der Waals surface area contributed by atoms with Crippen LogP contribution in [0, 0.1) is 11.8 Å². The van der Waals surface area contributed by atoms with Crippen molar-refractivity contribution in [2.75, 3.05) is 18.0 Å². The van der Waals surface area contributed by atoms with Gasteiger partial charge >= 0.3 is 0 Å². The fourth-order valence-corrected chi connectivity index (χ4v) is 2.82. The topological polar surface area (TPSA) is 15.3 Å². The zero-order chi connectivity index (χ0) is 14.9. The summed E-state index contributed by atoms with van der Waals surface area (Å²) in [6.07, 6.45) is 5.74. The Balaban J connectivity index is 1.73. The normalized spacial score (nSPS) is 18.8. The van der Waals surface area contributed by atoms with Crippen LogP contribution in [0.4, 0.5) is 5.69 Å². The van der Waals surface area contributed by atoms with Crippen LogP contribution in [0.25, 0.3) is 0 Å². The number of benzene rings is 1. The van der Waals surface area contributed by atoms with Crippen LogP contribution in [-0.2, 0) is 6.54 Å². The number of hydrogen-bond acceptors (Lipinski definition) is 2. The van der Waals surface area contributed by atoms with Gasteiger partial charge in [0.2, 0.25) is 0 Å². The summed E-state index contributed by atoms with van der Waals surface area (Å²) >= 11 is 0. The van der Waals surface area contributed by atoms with Gasteiger partial charge in [0.1, 0.15) is 0 Å². The Kier molecular flexibility index (Phi) is 4.26. The maximum atomic E-state index is 3.64. The van der Waals surface area contributed by atoms with Gasteiger partial charge in [-0.15, -0.1) is 0 Å². The number of hydrogen-bond donors (Lipinski definition) is 1. The Morgan fingerprint density at radius 1 is 1.00 bits per heavy atom. The second-order valence-corrected chi connectivity index (χ2v) is 8.02. The van der Waals surface area contributed by atoms with Crippen LogP contribution in [0.5, 0.6) is 0 Å². The van der Waals surface area contributed by atoms with E-state index in [-0.39, 0.29) is 5.54 Å². The summed E-state index contributed by atoms with van der Waals surface area (Å²) in [4.78, 5) is 2.68. The van der Waals surface area contributed by atoms with Crippen molar-refractivity contribution in [1.82, 2.24) is 5.32 Å². The molecule has 2 saturated carbocycles. The molecule has 1 aromatic rings. The molecule has 0 amide bonds. The van der Waals surface area contributed by atoms with Gasteiger partial charge in [0.05, 0.1) is 0 Å². The monoisotopic (exact) mass is 286 g/mol. The van der Waals surface area contributed by atoms with Gasteiger partial charge in [0.25, 0.3) is 0 Å². The first kappa shape index (κ1) is 14.9. The summed E-state index contributed by atoms with van der Waals surface area (Å²) in [6.45, 7) is 10.2. The lowest BCUT2D eigenvalue weighted by molar-refractivity contribution is 0.424. The summed E-state index contributed by atoms with van der Waals surface area (Å²) < 4.78 is 0. The molecule has 1 aromatic carbocycles. The Labute approximate surface area is 129 Å². The molecule has 0 radical (unpaired) electrons. The first-order chi connectivity index (χ1) is 10.0. The van der Waals surface area contributed by atoms with E-state index in [1.54, 1.807) is 0 Å². The lowest BCUT2D eigenvalue weighted by Gasteiger charge is -2.29. The molecule has 1 N–H and O–H groups in total. The Bertz CT molecular complexity index is 453. The number of anilines is 1. The van der Waals surface area contributed by atoms with E-state index in [0.29, 0.717) is 0 Å². The van der Waals surface area contributed by atoms with E-state index < -0.39 is 0 Å². The fourth-order valence-electron chi connectivity index (χ4n) is 2.82. The molecule has 0 unspecified atom stereocenters. The average molecular weight is 286 g/mol. The molecule has 0 aromatic heterocycles. The standard InChI is InChI=1S/C19H30N2/c1-19(2,3)20-12-17-6-4-5-7-18(17)21(13-15-8-9-15)14-16-10-11-16/h4-7,15-16,20H,8-14H2,1-3H3. The molecule has 0 saturated heterocycles. The number of rotatable bonds is 7. The summed E-state index contributed by atoms with van der Waals surface area (Å²) in [5.41, 5.74) is 3.09. The summed E-state index contributed by atoms with van der Waals surface area (Å²) in [7, 11) is 0. The summed E-state index contributed by atoms with van der Waals surface area (Å²) in [5.74, 6) is 1.90. The molecule has 2 fully saturated rings. The third-order valence-electron chi connectivity index (χ3n) is 4.49. The van der Waals surface area contributed by atoms with Crippen LogP contribution in [0.3, 0.4) is 0 Å². The summed E-state index contributed by atoms with van der Waals surface area (Å²) in [6, 6.07) is 8.99. The van der Waals surface area contributed by atoms with Crippen molar-refractivity contribution in [3.63, 3.8) is 0 Å². The lowest BCUT2D eigenvalue weighted by Crippen LogP contribution is -2.36. The van der Waals surface area contributed by atoms with Crippen molar-refractivity contribution in [3.05, 3.63) is 29.8 Å². The van der Waals surface area contributed by atoms with Gasteiger partial charge in [-0.05, 0) is 69.9 Å². The molecule has 116 valence electrons. The van der Waals surface area contributed by atoms with Crippen molar-refractivity contribution in [1.29, 1.82) is 0 Å². The van der Waals surface area contributed by atoms with Crippen LogP contribution in [0.15, 0.2) is 24.3 Å². The van der Waals surface area contributed by atoms with Crippen molar-refractivity contribution in [3.8, 4) is 0 Å². The molecule has 0 spiro atoms. The minimum Gasteiger partial charge on any atom is -0.371 e. The van der Waals surface area contributed by atoms with Crippen molar-refractivity contribution in [2.45, 2.75) is 58.5 Å². The second-order valence-electron chi connectivity index (χ2n) is 8.02. The minimum absolute atomic E-state index is 0.172. The smallest absolute Gasteiger partial charge is 0.0412 e. The van der Waals surface area contributed by atoms with E-state index in [4.69, 9.17) is 0 Å². The van der Waals surface area contributed by atoms with E-state index in [1.807, 2.05) is 0 Å². The average Bonchev–Trinajstić information content (AvgIpc) is 3.30. The van der Waals surface area contributed by atoms with Crippen LogP contribution < -0.4 is 10.2 Å².